The highest BCUT2D eigenvalue weighted by Gasteiger charge is 2.36. The Labute approximate surface area is 389 Å². The summed E-state index contributed by atoms with van der Waals surface area (Å²) in [5.41, 5.74) is 3.61. The normalized spacial score (nSPS) is 16.7. The number of benzene rings is 2. The van der Waals surface area contributed by atoms with Crippen LogP contribution >= 0.6 is 0 Å². The van der Waals surface area contributed by atoms with Crippen LogP contribution in [-0.4, -0.2) is 106 Å². The molecule has 2 aliphatic rings. The number of aliphatic hydroxyl groups is 1. The van der Waals surface area contributed by atoms with Crippen LogP contribution in [0.5, 0.6) is 0 Å². The first-order valence-electron chi connectivity index (χ1n) is 34.2. The molecule has 346 valence electrons. The van der Waals surface area contributed by atoms with Gasteiger partial charge < -0.3 is 40.8 Å². The summed E-state index contributed by atoms with van der Waals surface area (Å²) in [7, 11) is 6.18. The fraction of sp³-hybridized carbons (Fsp3) is 0.488. The molecule has 0 unspecified atom stereocenters. The summed E-state index contributed by atoms with van der Waals surface area (Å²) in [5.74, 6) is 0.503. The van der Waals surface area contributed by atoms with E-state index in [9.17, 15) is 19.2 Å². The van der Waals surface area contributed by atoms with Crippen molar-refractivity contribution in [1.29, 1.82) is 0 Å². The maximum Gasteiger partial charge on any atom is 0.272 e. The Balaban J connectivity index is -0.0000000792. The van der Waals surface area contributed by atoms with Crippen LogP contribution in [0.1, 0.15) is 126 Å². The van der Waals surface area contributed by atoms with Gasteiger partial charge in [-0.25, -0.2) is 9.97 Å². The number of carbonyl (C=O) groups is 4. The number of likely N-dealkylation sites (N-methyl/N-ethyl adjacent to an activating group) is 3. The van der Waals surface area contributed by atoms with E-state index >= 15 is 0 Å². The number of rotatable bonds is 8. The zero-order chi connectivity index (χ0) is 72.1. The molecule has 0 fully saturated rings. The maximum absolute atomic E-state index is 13.2. The van der Waals surface area contributed by atoms with Crippen LogP contribution in [0, 0.1) is 10.8 Å². The summed E-state index contributed by atoms with van der Waals surface area (Å²) in [6.07, 6.45) is 0. The number of aromatic nitrogens is 4. The van der Waals surface area contributed by atoms with Gasteiger partial charge in [-0.2, -0.15) is 0 Å². The number of nitrogens with zero attached hydrogens (tertiary/aromatic N) is 5. The van der Waals surface area contributed by atoms with Crippen LogP contribution in [0.25, 0.3) is 22.8 Å². The van der Waals surface area contributed by atoms with Gasteiger partial charge in [0.05, 0.1) is 11.4 Å². The predicted molar refractivity (Wildman–Crippen MR) is 260 cm³/mol. The molecule has 6 rings (SSSR count). The molecular formula is C43H94N10O5. The van der Waals surface area contributed by atoms with E-state index in [2.05, 4.69) is 45.6 Å². The van der Waals surface area contributed by atoms with Crippen molar-refractivity contribution < 1.29 is 68.8 Å². The van der Waals surface area contributed by atoms with Gasteiger partial charge in [0.15, 0.2) is 11.4 Å². The van der Waals surface area contributed by atoms with Crippen molar-refractivity contribution >= 4 is 23.6 Å². The maximum atomic E-state index is 13.2. The number of hydrogen-bond donors (Lipinski definition) is 6. The lowest BCUT2D eigenvalue weighted by Gasteiger charge is -2.30. The van der Waals surface area contributed by atoms with Crippen molar-refractivity contribution in [3.63, 3.8) is 0 Å². The molecule has 0 radical (unpaired) electrons. The van der Waals surface area contributed by atoms with Crippen LogP contribution in [0.4, 0.5) is 0 Å². The zero-order valence-electron chi connectivity index (χ0n) is 65.0. The molecule has 0 saturated heterocycles. The molecule has 2 aliphatic heterocycles. The molecule has 0 saturated carbocycles. The highest BCUT2D eigenvalue weighted by atomic mass is 16.2. The van der Waals surface area contributed by atoms with Crippen LogP contribution < -0.4 is 26.6 Å². The number of carbonyl (C=O) groups excluding carboxylic acids is 4. The number of nitrogens with one attached hydrogen (secondary N) is 5. The molecule has 15 heteroatoms. The number of aliphatic hydroxyl groups excluding tert-OH is 1. The number of hydrogen-bond acceptors (Lipinski definition) is 9. The summed E-state index contributed by atoms with van der Waals surface area (Å²) in [6.45, 7) is 16.0. The largest absolute Gasteiger partial charge is 0.400 e. The summed E-state index contributed by atoms with van der Waals surface area (Å²) < 4.78 is 154. The molecule has 4 amide bonds. The minimum absolute atomic E-state index is 0. The van der Waals surface area contributed by atoms with E-state index in [1.54, 1.807) is 14.1 Å². The van der Waals surface area contributed by atoms with Gasteiger partial charge >= 0.3 is 0 Å². The standard InChI is InChI=1S/C21H29N5O2.C20H27N5O2.CH4O.CH4.15H2/c1-21(2,3)17(20(28)22-4)24-19(27)16-15-13-25(5)11-12-26(15)18(23-16)14-9-7-6-8-10-14;1-20(2,3)16(19(27)21-4)24-18(26)15-14-12-22-10-11-25(14)17(23-15)13-8-6-5-7-9-13;1-2;;;;;;;;;;;;;;;;/h6-10,17H,11-13H2,1-5H3,(H,22,28)(H,24,27);5-9,16,22H,10-12H2,1-4H3,(H,21,27)(H,24,26);2H,1H3;1H4;15*1H/t17-;16-;;;;;;;;;;;;;;;;;/m00................./s1/i;;;;15*1+1D. The molecular weight excluding hydrogens is 737 g/mol. The summed E-state index contributed by atoms with van der Waals surface area (Å²) in [5, 5.41) is 21.4. The van der Waals surface area contributed by atoms with Crippen molar-refractivity contribution in [2.45, 2.75) is 87.2 Å². The minimum atomic E-state index is -0.649. The Kier molecular flexibility index (Phi) is 10.2. The van der Waals surface area contributed by atoms with Crippen molar-refractivity contribution in [3.05, 3.63) is 83.4 Å². The number of imidazole rings is 2. The molecule has 0 bridgehead atoms. The Morgan fingerprint density at radius 2 is 1.12 bits per heavy atom. The third-order valence-electron chi connectivity index (χ3n) is 9.87. The van der Waals surface area contributed by atoms with Crippen LogP contribution in [0.15, 0.2) is 60.7 Å². The van der Waals surface area contributed by atoms with Gasteiger partial charge in [0.2, 0.25) is 11.8 Å². The second-order valence-corrected chi connectivity index (χ2v) is 16.2. The molecule has 2 aromatic carbocycles. The molecule has 15 nitrogen and oxygen atoms in total. The second-order valence-electron chi connectivity index (χ2n) is 16.2. The zero-order valence-corrected chi connectivity index (χ0v) is 35.0. The average molecular weight is 861 g/mol. The summed E-state index contributed by atoms with van der Waals surface area (Å²) >= 11 is 0. The molecule has 6 N–H and O–H groups in total. The highest BCUT2D eigenvalue weighted by Crippen LogP contribution is 2.28. The molecule has 4 heterocycles. The van der Waals surface area contributed by atoms with E-state index in [1.807, 2.05) is 109 Å². The number of amides is 4. The fourth-order valence-electron chi connectivity index (χ4n) is 6.81. The summed E-state index contributed by atoms with van der Waals surface area (Å²) in [6, 6.07) is 18.4. The van der Waals surface area contributed by atoms with Crippen molar-refractivity contribution in [1.82, 2.24) is 50.6 Å². The third kappa shape index (κ3) is 11.0. The SMILES string of the molecule is C.CNC(=O)[C@H](NC(=O)c1nc(-c2ccccc2)n2c1CN(C)CC2)C(C)(C)C.CNC(=O)[C@H](NC(=O)c1nc(-c2ccccc2)n2c1CNCC2)C(C)(C)C.CO.[2H][2H].[2H][2H].[2H][2H].[2H][2H].[2H][2H].[2H][2H].[2H][2H].[2H][2H].[2H][2H].[2H][2H].[2H][2H].[2H][2H].[2H][2H].[2H][2H].[2H][2H]. The Hall–Kier alpha value is -5.38. The molecule has 0 spiro atoms. The smallest absolute Gasteiger partial charge is 0.272 e. The lowest BCUT2D eigenvalue weighted by molar-refractivity contribution is -0.125. The third-order valence-corrected chi connectivity index (χ3v) is 9.87. The molecule has 58 heavy (non-hydrogen) atoms. The van der Waals surface area contributed by atoms with E-state index < -0.39 is 22.9 Å². The lowest BCUT2D eigenvalue weighted by atomic mass is 9.86. The second kappa shape index (κ2) is 20.4. The fourth-order valence-corrected chi connectivity index (χ4v) is 6.81. The number of fused-ring (bicyclic) bond motifs is 2. The van der Waals surface area contributed by atoms with E-state index in [4.69, 9.17) is 54.6 Å². The van der Waals surface area contributed by atoms with Gasteiger partial charge in [-0.15, -0.1) is 0 Å². The topological polar surface area (TPSA) is 188 Å². The first-order chi connectivity index (χ1) is 42.0. The Morgan fingerprint density at radius 1 is 0.707 bits per heavy atom. The first-order valence-corrected chi connectivity index (χ1v) is 19.2. The average Bonchev–Trinajstić information content (AvgIpc) is 4.32. The van der Waals surface area contributed by atoms with E-state index in [-0.39, 0.29) is 31.1 Å². The van der Waals surface area contributed by atoms with Crippen LogP contribution in [-0.2, 0) is 35.8 Å². The van der Waals surface area contributed by atoms with Crippen LogP contribution in [0.3, 0.4) is 0 Å². The monoisotopic (exact) mass is 861 g/mol. The first kappa shape index (κ1) is 28.9. The molecule has 0 aliphatic carbocycles. The highest BCUT2D eigenvalue weighted by molar-refractivity contribution is 5.98. The Bertz CT molecular complexity index is 2080. The predicted octanol–water partition coefficient (Wildman–Crippen LogP) is 7.36. The minimum Gasteiger partial charge on any atom is -0.400 e. The van der Waals surface area contributed by atoms with E-state index in [0.717, 1.165) is 67.5 Å². The van der Waals surface area contributed by atoms with Gasteiger partial charge in [0.1, 0.15) is 23.7 Å². The van der Waals surface area contributed by atoms with Crippen molar-refractivity contribution in [2.75, 3.05) is 41.3 Å². The van der Waals surface area contributed by atoms with Crippen molar-refractivity contribution in [2.24, 2.45) is 10.8 Å². The summed E-state index contributed by atoms with van der Waals surface area (Å²) in [4.78, 5) is 62.4. The van der Waals surface area contributed by atoms with Crippen LogP contribution in [0.2, 0.25) is 0 Å². The van der Waals surface area contributed by atoms with Gasteiger partial charge in [0, 0.05) is 116 Å². The quantitative estimate of drug-likeness (QED) is 0.105. The van der Waals surface area contributed by atoms with Gasteiger partial charge in [0.25, 0.3) is 11.8 Å². The molecule has 2 atom stereocenters. The van der Waals surface area contributed by atoms with E-state index in [1.165, 1.54) is 0 Å². The van der Waals surface area contributed by atoms with Gasteiger partial charge in [-0.3, -0.25) is 24.1 Å². The van der Waals surface area contributed by atoms with Crippen molar-refractivity contribution in [3.8, 4) is 22.8 Å². The molecule has 2 aromatic heterocycles. The van der Waals surface area contributed by atoms with E-state index in [0.29, 0.717) is 24.5 Å². The Morgan fingerprint density at radius 3 is 1.53 bits per heavy atom. The lowest BCUT2D eigenvalue weighted by Crippen LogP contribution is -2.53. The molecule has 4 aromatic rings. The van der Waals surface area contributed by atoms with Gasteiger partial charge in [-0.05, 0) is 17.9 Å². The van der Waals surface area contributed by atoms with Gasteiger partial charge in [-0.1, -0.05) is 110 Å².